The number of nitrogens with zero attached hydrogens (tertiary/aromatic N) is 1. The Morgan fingerprint density at radius 1 is 1.18 bits per heavy atom. The zero-order valence-corrected chi connectivity index (χ0v) is 11.7. The fourth-order valence-corrected chi connectivity index (χ4v) is 1.69. The molecule has 0 aliphatic heterocycles. The van der Waals surface area contributed by atoms with Gasteiger partial charge in [-0.25, -0.2) is 0 Å². The number of hydrogen-bond acceptors (Lipinski definition) is 5. The van der Waals surface area contributed by atoms with Crippen molar-refractivity contribution in [1.82, 2.24) is 0 Å². The molecule has 2 aromatic rings. The van der Waals surface area contributed by atoms with Gasteiger partial charge in [-0.05, 0) is 17.7 Å². The predicted molar refractivity (Wildman–Crippen MR) is 80.7 cm³/mol. The zero-order valence-electron chi connectivity index (χ0n) is 11.7. The summed E-state index contributed by atoms with van der Waals surface area (Å²) >= 11 is 0. The Morgan fingerprint density at radius 2 is 1.77 bits per heavy atom. The molecular formula is C15H16N2O5. The summed E-state index contributed by atoms with van der Waals surface area (Å²) < 4.78 is 0. The van der Waals surface area contributed by atoms with E-state index in [1.165, 1.54) is 12.1 Å². The van der Waals surface area contributed by atoms with Crippen molar-refractivity contribution < 1.29 is 19.9 Å². The standard InChI is InChI=1S/C13H11NO3.C2H5NO2/c15-12-7-6-11(13(9-12)14(16)17)8-10-4-2-1-3-5-10;3-1-2(4)5/h1-7,9,15H,8H2;1,3H2,(H,4,5). The van der Waals surface area contributed by atoms with Crippen LogP contribution in [0, 0.1) is 10.1 Å². The molecule has 7 nitrogen and oxygen atoms in total. The van der Waals surface area contributed by atoms with Gasteiger partial charge in [0.1, 0.15) is 5.75 Å². The van der Waals surface area contributed by atoms with Crippen LogP contribution in [0.2, 0.25) is 0 Å². The average molecular weight is 304 g/mol. The van der Waals surface area contributed by atoms with Gasteiger partial charge in [0.05, 0.1) is 17.5 Å². The molecule has 0 amide bonds. The lowest BCUT2D eigenvalue weighted by Gasteiger charge is -2.03. The van der Waals surface area contributed by atoms with E-state index in [4.69, 9.17) is 5.11 Å². The third kappa shape index (κ3) is 5.59. The molecule has 0 aliphatic carbocycles. The number of benzene rings is 2. The maximum atomic E-state index is 10.9. The summed E-state index contributed by atoms with van der Waals surface area (Å²) in [6, 6.07) is 13.7. The van der Waals surface area contributed by atoms with Crippen molar-refractivity contribution in [2.24, 2.45) is 5.73 Å². The number of nitro benzene ring substituents is 1. The highest BCUT2D eigenvalue weighted by atomic mass is 16.6. The normalized spacial score (nSPS) is 9.50. The van der Waals surface area contributed by atoms with Gasteiger partial charge < -0.3 is 15.9 Å². The van der Waals surface area contributed by atoms with Crippen LogP contribution in [-0.4, -0.2) is 27.7 Å². The minimum Gasteiger partial charge on any atom is -0.508 e. The van der Waals surface area contributed by atoms with Crippen LogP contribution in [0.1, 0.15) is 11.1 Å². The first-order valence-corrected chi connectivity index (χ1v) is 6.36. The van der Waals surface area contributed by atoms with Crippen LogP contribution in [0.25, 0.3) is 0 Å². The lowest BCUT2D eigenvalue weighted by Crippen LogP contribution is -2.10. The van der Waals surface area contributed by atoms with Gasteiger partial charge in [0.2, 0.25) is 0 Å². The second-order valence-electron chi connectivity index (χ2n) is 4.33. The third-order valence-corrected chi connectivity index (χ3v) is 2.68. The summed E-state index contributed by atoms with van der Waals surface area (Å²) in [4.78, 5) is 19.6. The first-order chi connectivity index (χ1) is 10.4. The van der Waals surface area contributed by atoms with Gasteiger partial charge in [0.25, 0.3) is 5.69 Å². The zero-order chi connectivity index (χ0) is 16.5. The molecule has 116 valence electrons. The van der Waals surface area contributed by atoms with Crippen molar-refractivity contribution >= 4 is 11.7 Å². The number of phenols is 1. The Labute approximate surface area is 126 Å². The molecule has 7 heteroatoms. The van der Waals surface area contributed by atoms with Crippen molar-refractivity contribution in [3.05, 3.63) is 69.8 Å². The molecule has 0 spiro atoms. The van der Waals surface area contributed by atoms with Gasteiger partial charge in [-0.3, -0.25) is 14.9 Å². The Balaban J connectivity index is 0.000000422. The second-order valence-corrected chi connectivity index (χ2v) is 4.33. The second kappa shape index (κ2) is 8.38. The average Bonchev–Trinajstić information content (AvgIpc) is 2.50. The molecule has 0 unspecified atom stereocenters. The number of rotatable bonds is 4. The summed E-state index contributed by atoms with van der Waals surface area (Å²) in [6.07, 6.45) is 0.484. The van der Waals surface area contributed by atoms with E-state index in [1.807, 2.05) is 30.3 Å². The van der Waals surface area contributed by atoms with Crippen LogP contribution in [0.4, 0.5) is 5.69 Å². The molecule has 4 N–H and O–H groups in total. The number of nitro groups is 1. The van der Waals surface area contributed by atoms with Crippen molar-refractivity contribution in [3.8, 4) is 5.75 Å². The van der Waals surface area contributed by atoms with E-state index in [0.717, 1.165) is 5.56 Å². The molecule has 0 fully saturated rings. The van der Waals surface area contributed by atoms with E-state index in [2.05, 4.69) is 5.73 Å². The molecular weight excluding hydrogens is 288 g/mol. The maximum absolute atomic E-state index is 10.9. The minimum atomic E-state index is -0.968. The lowest BCUT2D eigenvalue weighted by molar-refractivity contribution is -0.385. The predicted octanol–water partition coefficient (Wildman–Crippen LogP) is 1.92. The van der Waals surface area contributed by atoms with Crippen LogP contribution < -0.4 is 5.73 Å². The van der Waals surface area contributed by atoms with Crippen molar-refractivity contribution in [2.75, 3.05) is 6.54 Å². The quantitative estimate of drug-likeness (QED) is 0.585. The number of hydrogen-bond donors (Lipinski definition) is 3. The number of carboxylic acids is 1. The van der Waals surface area contributed by atoms with E-state index >= 15 is 0 Å². The van der Waals surface area contributed by atoms with Crippen LogP contribution in [-0.2, 0) is 11.2 Å². The molecule has 0 aliphatic rings. The Morgan fingerprint density at radius 3 is 2.27 bits per heavy atom. The first kappa shape index (κ1) is 17.1. The molecule has 0 bridgehead atoms. The maximum Gasteiger partial charge on any atom is 0.317 e. The largest absolute Gasteiger partial charge is 0.508 e. The molecule has 2 aromatic carbocycles. The van der Waals surface area contributed by atoms with Gasteiger partial charge in [0, 0.05) is 12.0 Å². The molecule has 2 rings (SSSR count). The number of phenolic OH excluding ortho intramolecular Hbond substituents is 1. The van der Waals surface area contributed by atoms with E-state index < -0.39 is 10.9 Å². The Hall–Kier alpha value is -2.93. The van der Waals surface area contributed by atoms with Crippen LogP contribution >= 0.6 is 0 Å². The monoisotopic (exact) mass is 304 g/mol. The van der Waals surface area contributed by atoms with Crippen molar-refractivity contribution in [2.45, 2.75) is 6.42 Å². The van der Waals surface area contributed by atoms with Crippen molar-refractivity contribution in [3.63, 3.8) is 0 Å². The van der Waals surface area contributed by atoms with Crippen LogP contribution in [0.5, 0.6) is 5.75 Å². The van der Waals surface area contributed by atoms with Crippen molar-refractivity contribution in [1.29, 1.82) is 0 Å². The molecule has 0 heterocycles. The highest BCUT2D eigenvalue weighted by Crippen LogP contribution is 2.25. The lowest BCUT2D eigenvalue weighted by atomic mass is 10.0. The van der Waals surface area contributed by atoms with Gasteiger partial charge in [0.15, 0.2) is 0 Å². The fraction of sp³-hybridized carbons (Fsp3) is 0.133. The number of carboxylic acid groups (broad SMARTS) is 1. The van der Waals surface area contributed by atoms with Crippen LogP contribution in [0.15, 0.2) is 48.5 Å². The smallest absolute Gasteiger partial charge is 0.317 e. The summed E-state index contributed by atoms with van der Waals surface area (Å²) in [5.74, 6) is -1.06. The van der Waals surface area contributed by atoms with E-state index in [9.17, 15) is 20.0 Å². The van der Waals surface area contributed by atoms with Crippen LogP contribution in [0.3, 0.4) is 0 Å². The SMILES string of the molecule is NCC(=O)O.O=[N+]([O-])c1cc(O)ccc1Cc1ccccc1. The van der Waals surface area contributed by atoms with Gasteiger partial charge in [-0.1, -0.05) is 30.3 Å². The molecule has 22 heavy (non-hydrogen) atoms. The van der Waals surface area contributed by atoms with Gasteiger partial charge in [-0.15, -0.1) is 0 Å². The summed E-state index contributed by atoms with van der Waals surface area (Å²) in [5.41, 5.74) is 6.12. The van der Waals surface area contributed by atoms with Gasteiger partial charge in [-0.2, -0.15) is 0 Å². The molecule has 0 radical (unpaired) electrons. The highest BCUT2D eigenvalue weighted by Gasteiger charge is 2.14. The first-order valence-electron chi connectivity index (χ1n) is 6.36. The van der Waals surface area contributed by atoms with Gasteiger partial charge >= 0.3 is 5.97 Å². The fourth-order valence-electron chi connectivity index (χ4n) is 1.69. The minimum absolute atomic E-state index is 0.0474. The Kier molecular flexibility index (Phi) is 6.52. The number of carbonyl (C=O) groups is 1. The Bertz CT molecular complexity index is 644. The molecule has 0 atom stereocenters. The number of aliphatic carboxylic acids is 1. The summed E-state index contributed by atoms with van der Waals surface area (Å²) in [6.45, 7) is -0.278. The molecule has 0 aromatic heterocycles. The third-order valence-electron chi connectivity index (χ3n) is 2.68. The van der Waals surface area contributed by atoms with E-state index in [0.29, 0.717) is 12.0 Å². The molecule has 0 saturated heterocycles. The topological polar surface area (TPSA) is 127 Å². The summed E-state index contributed by atoms with van der Waals surface area (Å²) in [7, 11) is 0. The van der Waals surface area contributed by atoms with E-state index in [1.54, 1.807) is 6.07 Å². The highest BCUT2D eigenvalue weighted by molar-refractivity contribution is 5.68. The molecule has 0 saturated carbocycles. The summed E-state index contributed by atoms with van der Waals surface area (Å²) in [5, 5.41) is 27.7. The number of nitrogens with two attached hydrogens (primary N) is 1. The number of aromatic hydroxyl groups is 1. The van der Waals surface area contributed by atoms with E-state index in [-0.39, 0.29) is 18.0 Å².